The van der Waals surface area contributed by atoms with E-state index in [2.05, 4.69) is 20.3 Å². The van der Waals surface area contributed by atoms with Crippen LogP contribution in [-0.4, -0.2) is 33.9 Å². The van der Waals surface area contributed by atoms with Crippen LogP contribution in [0.4, 0.5) is 5.82 Å². The summed E-state index contributed by atoms with van der Waals surface area (Å²) in [6.07, 6.45) is 0.804. The van der Waals surface area contributed by atoms with Crippen LogP contribution in [0.3, 0.4) is 0 Å². The molecule has 5 N–H and O–H groups in total. The molecule has 1 aliphatic heterocycles. The van der Waals surface area contributed by atoms with Crippen molar-refractivity contribution in [1.82, 2.24) is 14.9 Å². The van der Waals surface area contributed by atoms with Gasteiger partial charge in [0.05, 0.1) is 17.8 Å². The van der Waals surface area contributed by atoms with E-state index in [9.17, 15) is 4.79 Å². The Morgan fingerprint density at radius 3 is 3.10 bits per heavy atom. The fourth-order valence-electron chi connectivity index (χ4n) is 2.49. The molecular formula is C12H16N6OS. The highest BCUT2D eigenvalue weighted by Crippen LogP contribution is 2.25. The molecular weight excluding hydrogens is 276 g/mol. The van der Waals surface area contributed by atoms with Gasteiger partial charge in [0, 0.05) is 6.54 Å². The number of aromatic nitrogens is 2. The summed E-state index contributed by atoms with van der Waals surface area (Å²) in [5.74, 6) is 6.55. The smallest absolute Gasteiger partial charge is 0.221 e. The number of carbonyl (C=O) groups excluding carboxylic acids is 1. The maximum Gasteiger partial charge on any atom is 0.221 e. The molecule has 1 unspecified atom stereocenters. The lowest BCUT2D eigenvalue weighted by molar-refractivity contribution is -0.121. The predicted octanol–water partition coefficient (Wildman–Crippen LogP) is 0.284. The summed E-state index contributed by atoms with van der Waals surface area (Å²) in [7, 11) is 0. The number of hydrazine groups is 1. The molecule has 0 spiro atoms. The van der Waals surface area contributed by atoms with Crippen molar-refractivity contribution in [1.29, 1.82) is 0 Å². The topological polar surface area (TPSA) is 110 Å². The number of anilines is 1. The van der Waals surface area contributed by atoms with E-state index in [0.29, 0.717) is 24.7 Å². The van der Waals surface area contributed by atoms with Crippen LogP contribution >= 0.6 is 11.3 Å². The van der Waals surface area contributed by atoms with Gasteiger partial charge in [-0.3, -0.25) is 9.69 Å². The number of nitrogens with two attached hydrogens (primary N) is 2. The molecule has 2 aromatic heterocycles. The van der Waals surface area contributed by atoms with E-state index in [4.69, 9.17) is 11.6 Å². The number of likely N-dealkylation sites (tertiary alicyclic amines) is 1. The van der Waals surface area contributed by atoms with E-state index in [-0.39, 0.29) is 11.8 Å². The predicted molar refractivity (Wildman–Crippen MR) is 77.8 cm³/mol. The first-order valence-electron chi connectivity index (χ1n) is 6.40. The first-order valence-corrected chi connectivity index (χ1v) is 7.27. The summed E-state index contributed by atoms with van der Waals surface area (Å²) < 4.78 is 0. The molecule has 1 atom stereocenters. The van der Waals surface area contributed by atoms with Crippen molar-refractivity contribution in [2.75, 3.05) is 18.5 Å². The average Bonchev–Trinajstić information content (AvgIpc) is 3.06. The zero-order valence-corrected chi connectivity index (χ0v) is 11.7. The molecule has 3 heterocycles. The molecule has 0 aromatic carbocycles. The number of fused-ring (bicyclic) bond motifs is 1. The third-order valence-corrected chi connectivity index (χ3v) is 4.35. The van der Waals surface area contributed by atoms with Crippen LogP contribution in [-0.2, 0) is 11.3 Å². The monoisotopic (exact) mass is 292 g/mol. The fraction of sp³-hybridized carbons (Fsp3) is 0.417. The zero-order chi connectivity index (χ0) is 14.1. The van der Waals surface area contributed by atoms with Crippen LogP contribution in [0.15, 0.2) is 11.4 Å². The van der Waals surface area contributed by atoms with Gasteiger partial charge < -0.3 is 11.2 Å². The first kappa shape index (κ1) is 13.2. The van der Waals surface area contributed by atoms with E-state index in [1.807, 2.05) is 11.4 Å². The third kappa shape index (κ3) is 2.45. The number of carbonyl (C=O) groups is 1. The number of nitrogens with one attached hydrogen (secondary N) is 1. The molecule has 1 fully saturated rings. The zero-order valence-electron chi connectivity index (χ0n) is 10.9. The Labute approximate surface area is 119 Å². The second-order valence-corrected chi connectivity index (χ2v) is 5.79. The molecule has 3 rings (SSSR count). The van der Waals surface area contributed by atoms with Gasteiger partial charge in [-0.2, -0.15) is 0 Å². The number of hydrogen-bond donors (Lipinski definition) is 3. The summed E-state index contributed by atoms with van der Waals surface area (Å²) >= 11 is 1.56. The molecule has 8 heteroatoms. The SMILES string of the molecule is NNc1nc(CN2CCC(C(N)=O)C2)nc2sccc12. The van der Waals surface area contributed by atoms with Crippen molar-refractivity contribution in [3.05, 3.63) is 17.3 Å². The summed E-state index contributed by atoms with van der Waals surface area (Å²) in [5.41, 5.74) is 7.95. The van der Waals surface area contributed by atoms with Crippen LogP contribution in [0.1, 0.15) is 12.2 Å². The van der Waals surface area contributed by atoms with Crippen LogP contribution in [0.2, 0.25) is 0 Å². The standard InChI is InChI=1S/C12H16N6OS/c13-10(19)7-1-3-18(5-7)6-9-15-11(17-14)8-2-4-20-12(8)16-9/h2,4,7H,1,3,5-6,14H2,(H2,13,19)(H,15,16,17). The van der Waals surface area contributed by atoms with E-state index in [1.54, 1.807) is 11.3 Å². The molecule has 1 amide bonds. The highest BCUT2D eigenvalue weighted by molar-refractivity contribution is 7.16. The number of rotatable bonds is 4. The number of primary amides is 1. The Hall–Kier alpha value is -1.77. The van der Waals surface area contributed by atoms with Crippen LogP contribution < -0.4 is 17.0 Å². The molecule has 0 radical (unpaired) electrons. The minimum absolute atomic E-state index is 0.0624. The number of nitrogen functional groups attached to an aromatic ring is 1. The fourth-order valence-corrected chi connectivity index (χ4v) is 3.27. The summed E-state index contributed by atoms with van der Waals surface area (Å²) in [4.78, 5) is 23.2. The molecule has 0 aliphatic carbocycles. The molecule has 1 aliphatic rings. The lowest BCUT2D eigenvalue weighted by Crippen LogP contribution is -2.27. The van der Waals surface area contributed by atoms with E-state index >= 15 is 0 Å². The van der Waals surface area contributed by atoms with Crippen molar-refractivity contribution in [3.63, 3.8) is 0 Å². The van der Waals surface area contributed by atoms with Crippen LogP contribution in [0.5, 0.6) is 0 Å². The lowest BCUT2D eigenvalue weighted by atomic mass is 10.1. The average molecular weight is 292 g/mol. The quantitative estimate of drug-likeness (QED) is 0.551. The van der Waals surface area contributed by atoms with E-state index < -0.39 is 0 Å². The molecule has 7 nitrogen and oxygen atoms in total. The van der Waals surface area contributed by atoms with Crippen LogP contribution in [0, 0.1) is 5.92 Å². The number of nitrogens with zero attached hydrogens (tertiary/aromatic N) is 3. The van der Waals surface area contributed by atoms with Gasteiger partial charge in [-0.1, -0.05) is 0 Å². The Morgan fingerprint density at radius 1 is 1.55 bits per heavy atom. The largest absolute Gasteiger partial charge is 0.369 e. The molecule has 1 saturated heterocycles. The number of amides is 1. The van der Waals surface area contributed by atoms with Gasteiger partial charge in [0.15, 0.2) is 5.82 Å². The second-order valence-electron chi connectivity index (χ2n) is 4.90. The van der Waals surface area contributed by atoms with Gasteiger partial charge in [-0.05, 0) is 24.4 Å². The number of thiophene rings is 1. The van der Waals surface area contributed by atoms with E-state index in [0.717, 1.165) is 23.2 Å². The summed E-state index contributed by atoms with van der Waals surface area (Å²) in [6.45, 7) is 2.11. The van der Waals surface area contributed by atoms with Gasteiger partial charge in [-0.25, -0.2) is 15.8 Å². The number of hydrogen-bond acceptors (Lipinski definition) is 7. The summed E-state index contributed by atoms with van der Waals surface area (Å²) in [6, 6.07) is 1.94. The highest BCUT2D eigenvalue weighted by atomic mass is 32.1. The second kappa shape index (κ2) is 5.31. The van der Waals surface area contributed by atoms with E-state index in [1.165, 1.54) is 0 Å². The molecule has 2 aromatic rings. The van der Waals surface area contributed by atoms with Gasteiger partial charge in [-0.15, -0.1) is 11.3 Å². The first-order chi connectivity index (χ1) is 9.67. The summed E-state index contributed by atoms with van der Waals surface area (Å²) in [5, 5.41) is 2.89. The highest BCUT2D eigenvalue weighted by Gasteiger charge is 2.27. The van der Waals surface area contributed by atoms with Crippen molar-refractivity contribution < 1.29 is 4.79 Å². The minimum Gasteiger partial charge on any atom is -0.369 e. The van der Waals surface area contributed by atoms with Gasteiger partial charge in [0.25, 0.3) is 0 Å². The van der Waals surface area contributed by atoms with Crippen LogP contribution in [0.25, 0.3) is 10.2 Å². The Bertz CT molecular complexity index is 642. The molecule has 0 saturated carbocycles. The Balaban J connectivity index is 1.79. The normalized spacial score (nSPS) is 19.6. The minimum atomic E-state index is -0.230. The van der Waals surface area contributed by atoms with Crippen molar-refractivity contribution in [2.24, 2.45) is 17.5 Å². The molecule has 0 bridgehead atoms. The van der Waals surface area contributed by atoms with Gasteiger partial charge >= 0.3 is 0 Å². The maximum atomic E-state index is 11.2. The van der Waals surface area contributed by atoms with Crippen molar-refractivity contribution in [2.45, 2.75) is 13.0 Å². The molecule has 20 heavy (non-hydrogen) atoms. The maximum absolute atomic E-state index is 11.2. The molecule has 106 valence electrons. The van der Waals surface area contributed by atoms with Gasteiger partial charge in [0.1, 0.15) is 10.7 Å². The van der Waals surface area contributed by atoms with Crippen molar-refractivity contribution >= 4 is 33.3 Å². The Morgan fingerprint density at radius 2 is 2.40 bits per heavy atom. The third-order valence-electron chi connectivity index (χ3n) is 3.55. The Kier molecular flexibility index (Phi) is 3.51. The van der Waals surface area contributed by atoms with Gasteiger partial charge in [0.2, 0.25) is 5.91 Å². The van der Waals surface area contributed by atoms with Crippen molar-refractivity contribution in [3.8, 4) is 0 Å². The lowest BCUT2D eigenvalue weighted by Gasteiger charge is -2.14.